The molecule has 142 valence electrons. The zero-order chi connectivity index (χ0) is 18.3. The number of aryl methyl sites for hydroxylation is 1. The second-order valence-electron chi connectivity index (χ2n) is 6.41. The Bertz CT molecular complexity index is 662. The van der Waals surface area contributed by atoms with Crippen LogP contribution < -0.4 is 10.6 Å². The van der Waals surface area contributed by atoms with Gasteiger partial charge < -0.3 is 10.6 Å². The second kappa shape index (κ2) is 9.19. The Hall–Kier alpha value is -1.61. The van der Waals surface area contributed by atoms with E-state index in [1.165, 1.54) is 0 Å². The lowest BCUT2D eigenvalue weighted by Crippen LogP contribution is -2.50. The van der Waals surface area contributed by atoms with Crippen molar-refractivity contribution in [1.29, 1.82) is 0 Å². The third-order valence-electron chi connectivity index (χ3n) is 4.27. The molecule has 9 heteroatoms. The number of nitrogens with zero attached hydrogens (tertiary/aromatic N) is 4. The number of aliphatic imine (C=N–C) groups is 1. The Morgan fingerprint density at radius 2 is 2.12 bits per heavy atom. The van der Waals surface area contributed by atoms with Crippen LogP contribution in [-0.2, 0) is 16.6 Å². The topological polar surface area (TPSA) is 91.6 Å². The predicted octanol–water partition coefficient (Wildman–Crippen LogP) is 0.561. The fourth-order valence-electron chi connectivity index (χ4n) is 2.93. The Labute approximate surface area is 150 Å². The van der Waals surface area contributed by atoms with Gasteiger partial charge in [0.25, 0.3) is 0 Å². The summed E-state index contributed by atoms with van der Waals surface area (Å²) in [6.45, 7) is 6.55. The summed E-state index contributed by atoms with van der Waals surface area (Å²) in [6, 6.07) is 0.242. The highest BCUT2D eigenvalue weighted by Crippen LogP contribution is 2.15. The second-order valence-corrected chi connectivity index (χ2v) is 8.50. The first-order chi connectivity index (χ1) is 11.9. The summed E-state index contributed by atoms with van der Waals surface area (Å²) in [4.78, 5) is 4.25. The van der Waals surface area contributed by atoms with E-state index in [4.69, 9.17) is 0 Å². The Kier molecular flexibility index (Phi) is 7.24. The van der Waals surface area contributed by atoms with Gasteiger partial charge in [-0.1, -0.05) is 6.92 Å². The highest BCUT2D eigenvalue weighted by molar-refractivity contribution is 7.89. The van der Waals surface area contributed by atoms with E-state index in [0.717, 1.165) is 37.5 Å². The van der Waals surface area contributed by atoms with Crippen LogP contribution in [0.5, 0.6) is 0 Å². The zero-order valence-corrected chi connectivity index (χ0v) is 16.2. The highest BCUT2D eigenvalue weighted by Gasteiger charge is 2.27. The molecule has 1 aliphatic heterocycles. The molecular formula is C16H30N6O2S. The minimum absolute atomic E-state index is 0.237. The fourth-order valence-corrected chi connectivity index (χ4v) is 4.47. The fraction of sp³-hybridized carbons (Fsp3) is 0.750. The van der Waals surface area contributed by atoms with Gasteiger partial charge in [0.2, 0.25) is 10.0 Å². The maximum absolute atomic E-state index is 12.1. The largest absolute Gasteiger partial charge is 0.355 e. The quantitative estimate of drug-likeness (QED) is 0.541. The number of hydrogen-bond acceptors (Lipinski definition) is 4. The van der Waals surface area contributed by atoms with Crippen LogP contribution in [0.2, 0.25) is 0 Å². The summed E-state index contributed by atoms with van der Waals surface area (Å²) in [7, 11) is -1.34. The molecule has 25 heavy (non-hydrogen) atoms. The van der Waals surface area contributed by atoms with Crippen molar-refractivity contribution in [3.8, 4) is 0 Å². The van der Waals surface area contributed by atoms with Crippen LogP contribution in [0, 0.1) is 6.92 Å². The monoisotopic (exact) mass is 370 g/mol. The van der Waals surface area contributed by atoms with Crippen LogP contribution in [0.3, 0.4) is 0 Å². The van der Waals surface area contributed by atoms with E-state index in [2.05, 4.69) is 20.7 Å². The van der Waals surface area contributed by atoms with E-state index < -0.39 is 10.0 Å². The smallest absolute Gasteiger partial charge is 0.214 e. The normalized spacial score (nSPS) is 17.6. The average molecular weight is 371 g/mol. The Balaban J connectivity index is 1.73. The van der Waals surface area contributed by atoms with E-state index in [0.29, 0.717) is 19.5 Å². The van der Waals surface area contributed by atoms with Gasteiger partial charge in [0, 0.05) is 38.9 Å². The number of guanidine groups is 1. The van der Waals surface area contributed by atoms with Gasteiger partial charge in [-0.15, -0.1) is 0 Å². The molecule has 1 aliphatic rings. The number of piperidine rings is 1. The Morgan fingerprint density at radius 1 is 1.40 bits per heavy atom. The van der Waals surface area contributed by atoms with E-state index in [9.17, 15) is 8.42 Å². The molecule has 0 radical (unpaired) electrons. The molecule has 0 amide bonds. The van der Waals surface area contributed by atoms with Crippen LogP contribution in [0.25, 0.3) is 0 Å². The van der Waals surface area contributed by atoms with Gasteiger partial charge in [-0.05, 0) is 31.7 Å². The standard InChI is InChI=1S/C16H30N6O2S/c1-4-11-25(23,24)22-8-5-15(6-9-22)20-16(17-3)18-7-10-21-13-14(2)12-19-21/h12-13,15H,4-11H2,1-3H3,(H2,17,18,20). The van der Waals surface area contributed by atoms with E-state index in [1.807, 2.05) is 30.9 Å². The number of aromatic nitrogens is 2. The summed E-state index contributed by atoms with van der Waals surface area (Å²) < 4.78 is 27.7. The lowest BCUT2D eigenvalue weighted by atomic mass is 10.1. The molecule has 0 aliphatic carbocycles. The molecule has 2 rings (SSSR count). The average Bonchev–Trinajstić information content (AvgIpc) is 2.99. The summed E-state index contributed by atoms with van der Waals surface area (Å²) in [5.74, 6) is 0.986. The number of rotatable bonds is 7. The van der Waals surface area contributed by atoms with Crippen molar-refractivity contribution in [1.82, 2.24) is 24.7 Å². The molecule has 1 fully saturated rings. The van der Waals surface area contributed by atoms with Gasteiger partial charge in [0.05, 0.1) is 18.5 Å². The van der Waals surface area contributed by atoms with Crippen molar-refractivity contribution in [3.63, 3.8) is 0 Å². The molecule has 1 aromatic heterocycles. The molecule has 2 N–H and O–H groups in total. The minimum atomic E-state index is -3.08. The van der Waals surface area contributed by atoms with Crippen LogP contribution >= 0.6 is 0 Å². The van der Waals surface area contributed by atoms with Crippen LogP contribution in [-0.4, -0.2) is 66.9 Å². The van der Waals surface area contributed by atoms with Crippen molar-refractivity contribution in [2.75, 3.05) is 32.4 Å². The molecule has 0 aromatic carbocycles. The molecular weight excluding hydrogens is 340 g/mol. The minimum Gasteiger partial charge on any atom is -0.355 e. The summed E-state index contributed by atoms with van der Waals surface area (Å²) in [5, 5.41) is 10.9. The van der Waals surface area contributed by atoms with Gasteiger partial charge in [-0.25, -0.2) is 12.7 Å². The molecule has 2 heterocycles. The lowest BCUT2D eigenvalue weighted by Gasteiger charge is -2.32. The van der Waals surface area contributed by atoms with Gasteiger partial charge in [0.15, 0.2) is 5.96 Å². The summed E-state index contributed by atoms with van der Waals surface area (Å²) in [5.41, 5.74) is 1.15. The van der Waals surface area contributed by atoms with Gasteiger partial charge in [0.1, 0.15) is 0 Å². The summed E-state index contributed by atoms with van der Waals surface area (Å²) in [6.07, 6.45) is 6.09. The van der Waals surface area contributed by atoms with Gasteiger partial charge >= 0.3 is 0 Å². The Morgan fingerprint density at radius 3 is 2.68 bits per heavy atom. The lowest BCUT2D eigenvalue weighted by molar-refractivity contribution is 0.306. The number of hydrogen-bond donors (Lipinski definition) is 2. The molecule has 0 bridgehead atoms. The molecule has 1 aromatic rings. The molecule has 0 unspecified atom stereocenters. The van der Waals surface area contributed by atoms with Gasteiger partial charge in [-0.3, -0.25) is 9.67 Å². The van der Waals surface area contributed by atoms with Crippen molar-refractivity contribution < 1.29 is 8.42 Å². The van der Waals surface area contributed by atoms with E-state index in [1.54, 1.807) is 11.4 Å². The molecule has 0 atom stereocenters. The highest BCUT2D eigenvalue weighted by atomic mass is 32.2. The number of sulfonamides is 1. The summed E-state index contributed by atoms with van der Waals surface area (Å²) >= 11 is 0. The first-order valence-electron chi connectivity index (χ1n) is 8.88. The molecule has 8 nitrogen and oxygen atoms in total. The van der Waals surface area contributed by atoms with Crippen molar-refractivity contribution in [2.24, 2.45) is 4.99 Å². The first kappa shape index (κ1) is 19.7. The van der Waals surface area contributed by atoms with Gasteiger partial charge in [-0.2, -0.15) is 5.10 Å². The molecule has 0 spiro atoms. The van der Waals surface area contributed by atoms with Crippen LogP contribution in [0.4, 0.5) is 0 Å². The predicted molar refractivity (Wildman–Crippen MR) is 100 cm³/mol. The van der Waals surface area contributed by atoms with E-state index >= 15 is 0 Å². The maximum atomic E-state index is 12.1. The third kappa shape index (κ3) is 6.00. The van der Waals surface area contributed by atoms with Crippen molar-refractivity contribution in [2.45, 2.75) is 45.7 Å². The number of nitrogens with one attached hydrogen (secondary N) is 2. The molecule has 0 saturated carbocycles. The van der Waals surface area contributed by atoms with Crippen molar-refractivity contribution in [3.05, 3.63) is 18.0 Å². The van der Waals surface area contributed by atoms with Crippen molar-refractivity contribution >= 4 is 16.0 Å². The third-order valence-corrected chi connectivity index (χ3v) is 6.35. The maximum Gasteiger partial charge on any atom is 0.214 e. The van der Waals surface area contributed by atoms with Crippen LogP contribution in [0.1, 0.15) is 31.7 Å². The van der Waals surface area contributed by atoms with E-state index in [-0.39, 0.29) is 11.8 Å². The SMILES string of the molecule is CCCS(=O)(=O)N1CCC(NC(=NC)NCCn2cc(C)cn2)CC1. The first-order valence-corrected chi connectivity index (χ1v) is 10.5. The van der Waals surface area contributed by atoms with Crippen LogP contribution in [0.15, 0.2) is 17.4 Å². The molecule has 1 saturated heterocycles. The zero-order valence-electron chi connectivity index (χ0n) is 15.4.